The lowest BCUT2D eigenvalue weighted by atomic mass is 10.2. The number of nitrogen functional groups attached to an aromatic ring is 2. The molecule has 2 aromatic rings. The van der Waals surface area contributed by atoms with E-state index in [0.29, 0.717) is 11.2 Å². The van der Waals surface area contributed by atoms with E-state index in [1.54, 1.807) is 12.1 Å². The fourth-order valence-corrected chi connectivity index (χ4v) is 5.54. The quantitative estimate of drug-likeness (QED) is 0.274. The number of ether oxygens (including phenoxy) is 1. The van der Waals surface area contributed by atoms with Crippen LogP contribution in [-0.2, 0) is 33.5 Å². The SMILES string of the molecule is CC(Cc1ccc2c(N)nc(N)nn12)OCP(=O)(O)OP(=O)(O)OP(=O)(O)O. The first-order valence-electron chi connectivity index (χ1n) is 7.31. The van der Waals surface area contributed by atoms with Crippen LogP contribution >= 0.6 is 23.2 Å². The maximum absolute atomic E-state index is 11.8. The second-order valence-electron chi connectivity index (χ2n) is 5.55. The standard InChI is InChI=1S/C10H18N5O10P3/c1-6(4-7-2-3-8-9(11)13-10(12)14-15(7)8)23-5-26(16,17)24-28(21,22)25-27(18,19)20/h2-3,6H,4-5H2,1H3,(H,16,17)(H,21,22)(H2,18,19,20)(H4,11,12,13,14). The topological polar surface area (TPSA) is 242 Å². The highest BCUT2D eigenvalue weighted by Crippen LogP contribution is 2.65. The number of anilines is 2. The average molecular weight is 461 g/mol. The Morgan fingerprint density at radius 1 is 1.14 bits per heavy atom. The molecule has 15 nitrogen and oxygen atoms in total. The first kappa shape index (κ1) is 22.9. The molecular formula is C10H18N5O10P3. The van der Waals surface area contributed by atoms with Crippen molar-refractivity contribution in [2.24, 2.45) is 0 Å². The lowest BCUT2D eigenvalue weighted by Gasteiger charge is -2.18. The van der Waals surface area contributed by atoms with Crippen molar-refractivity contribution in [1.29, 1.82) is 0 Å². The van der Waals surface area contributed by atoms with Crippen LogP contribution in [0.5, 0.6) is 0 Å². The van der Waals surface area contributed by atoms with Crippen molar-refractivity contribution in [1.82, 2.24) is 14.6 Å². The molecular weight excluding hydrogens is 443 g/mol. The maximum atomic E-state index is 11.8. The van der Waals surface area contributed by atoms with Gasteiger partial charge in [-0.1, -0.05) is 0 Å². The second kappa shape index (κ2) is 8.17. The third-order valence-electron chi connectivity index (χ3n) is 3.09. The van der Waals surface area contributed by atoms with Crippen molar-refractivity contribution in [2.45, 2.75) is 19.4 Å². The van der Waals surface area contributed by atoms with Crippen molar-refractivity contribution < 1.29 is 46.6 Å². The van der Waals surface area contributed by atoms with Gasteiger partial charge in [-0.25, -0.2) is 18.0 Å². The zero-order valence-electron chi connectivity index (χ0n) is 14.2. The average Bonchev–Trinajstić information content (AvgIpc) is 2.84. The molecule has 2 heterocycles. The van der Waals surface area contributed by atoms with Crippen LogP contribution in [0.1, 0.15) is 12.6 Å². The van der Waals surface area contributed by atoms with E-state index in [1.165, 1.54) is 11.4 Å². The molecule has 0 bridgehead atoms. The molecule has 8 N–H and O–H groups in total. The van der Waals surface area contributed by atoms with Gasteiger partial charge in [0.05, 0.1) is 6.10 Å². The van der Waals surface area contributed by atoms with Crippen LogP contribution in [0.2, 0.25) is 0 Å². The molecule has 0 aromatic carbocycles. The highest BCUT2D eigenvalue weighted by atomic mass is 31.3. The minimum Gasteiger partial charge on any atom is -0.382 e. The highest BCUT2D eigenvalue weighted by molar-refractivity contribution is 7.68. The van der Waals surface area contributed by atoms with Crippen LogP contribution in [0.15, 0.2) is 12.1 Å². The summed E-state index contributed by atoms with van der Waals surface area (Å²) in [7, 11) is -15.8. The summed E-state index contributed by atoms with van der Waals surface area (Å²) in [5.74, 6) is 0.0948. The van der Waals surface area contributed by atoms with Crippen LogP contribution in [0.25, 0.3) is 5.52 Å². The van der Waals surface area contributed by atoms with Gasteiger partial charge in [0.25, 0.3) is 0 Å². The molecule has 0 saturated carbocycles. The van der Waals surface area contributed by atoms with Gasteiger partial charge >= 0.3 is 23.2 Å². The summed E-state index contributed by atoms with van der Waals surface area (Å²) in [4.78, 5) is 39.4. The Morgan fingerprint density at radius 2 is 1.79 bits per heavy atom. The zero-order chi connectivity index (χ0) is 21.3. The largest absolute Gasteiger partial charge is 0.488 e. The lowest BCUT2D eigenvalue weighted by Crippen LogP contribution is -2.16. The molecule has 28 heavy (non-hydrogen) atoms. The number of nitrogens with zero attached hydrogens (tertiary/aromatic N) is 3. The molecule has 0 saturated heterocycles. The minimum atomic E-state index is -5.50. The molecule has 0 fully saturated rings. The number of fused-ring (bicyclic) bond motifs is 1. The van der Waals surface area contributed by atoms with Crippen molar-refractivity contribution in [2.75, 3.05) is 17.8 Å². The Morgan fingerprint density at radius 3 is 2.39 bits per heavy atom. The van der Waals surface area contributed by atoms with E-state index in [2.05, 4.69) is 18.7 Å². The van der Waals surface area contributed by atoms with Gasteiger partial charge in [0.1, 0.15) is 11.9 Å². The molecule has 0 spiro atoms. The molecule has 3 atom stereocenters. The van der Waals surface area contributed by atoms with Gasteiger partial charge in [-0.15, -0.1) is 5.10 Å². The maximum Gasteiger partial charge on any atom is 0.488 e. The summed E-state index contributed by atoms with van der Waals surface area (Å²) in [6, 6.07) is 3.29. The van der Waals surface area contributed by atoms with Crippen LogP contribution in [0, 0.1) is 0 Å². The summed E-state index contributed by atoms with van der Waals surface area (Å²) in [6.07, 6.45) is -1.59. The van der Waals surface area contributed by atoms with Crippen molar-refractivity contribution in [3.63, 3.8) is 0 Å². The highest BCUT2D eigenvalue weighted by Gasteiger charge is 2.39. The van der Waals surface area contributed by atoms with E-state index >= 15 is 0 Å². The summed E-state index contributed by atoms with van der Waals surface area (Å²) in [5, 5.41) is 4.00. The van der Waals surface area contributed by atoms with Gasteiger partial charge in [0, 0.05) is 12.1 Å². The van der Waals surface area contributed by atoms with Crippen LogP contribution < -0.4 is 11.5 Å². The third kappa shape index (κ3) is 6.61. The van der Waals surface area contributed by atoms with E-state index in [1.807, 2.05) is 0 Å². The Kier molecular flexibility index (Phi) is 6.68. The molecule has 0 amide bonds. The van der Waals surface area contributed by atoms with Crippen molar-refractivity contribution in [3.05, 3.63) is 17.8 Å². The molecule has 18 heteroatoms. The number of hydrogen-bond donors (Lipinski definition) is 6. The van der Waals surface area contributed by atoms with Gasteiger partial charge in [0.15, 0.2) is 5.82 Å². The van der Waals surface area contributed by atoms with Crippen LogP contribution in [0.4, 0.5) is 11.8 Å². The number of rotatable bonds is 9. The third-order valence-corrected chi connectivity index (χ3v) is 7.09. The predicted molar refractivity (Wildman–Crippen MR) is 94.8 cm³/mol. The van der Waals surface area contributed by atoms with Gasteiger partial charge in [-0.05, 0) is 19.1 Å². The molecule has 0 aliphatic rings. The lowest BCUT2D eigenvalue weighted by molar-refractivity contribution is 0.0867. The van der Waals surface area contributed by atoms with Gasteiger partial charge < -0.3 is 35.8 Å². The molecule has 3 unspecified atom stereocenters. The van der Waals surface area contributed by atoms with Crippen LogP contribution in [0.3, 0.4) is 0 Å². The molecule has 0 radical (unpaired) electrons. The normalized spacial score (nSPS) is 17.9. The van der Waals surface area contributed by atoms with Gasteiger partial charge in [-0.3, -0.25) is 4.57 Å². The number of nitrogens with two attached hydrogens (primary N) is 2. The zero-order valence-corrected chi connectivity index (χ0v) is 16.9. The van der Waals surface area contributed by atoms with Crippen LogP contribution in [-0.4, -0.2) is 46.6 Å². The summed E-state index contributed by atoms with van der Waals surface area (Å²) in [6.45, 7) is 1.53. The Bertz CT molecular complexity index is 1010. The Hall–Kier alpha value is -1.37. The van der Waals surface area contributed by atoms with E-state index in [-0.39, 0.29) is 18.2 Å². The molecule has 2 rings (SSSR count). The van der Waals surface area contributed by atoms with Crippen molar-refractivity contribution in [3.8, 4) is 0 Å². The van der Waals surface area contributed by atoms with E-state index in [4.69, 9.17) is 30.9 Å². The Balaban J connectivity index is 2.00. The predicted octanol–water partition coefficient (Wildman–Crippen LogP) is 0.210. The molecule has 0 aliphatic carbocycles. The van der Waals surface area contributed by atoms with E-state index < -0.39 is 35.7 Å². The fraction of sp³-hybridized carbons (Fsp3) is 0.400. The fourth-order valence-electron chi connectivity index (χ4n) is 2.15. The smallest absolute Gasteiger partial charge is 0.382 e. The molecule has 0 aliphatic heterocycles. The first-order chi connectivity index (χ1) is 12.7. The number of aromatic nitrogens is 3. The second-order valence-corrected chi connectivity index (χ2v) is 10.3. The summed E-state index contributed by atoms with van der Waals surface area (Å²) in [5.41, 5.74) is 12.3. The number of phosphoric acid groups is 2. The molecule has 158 valence electrons. The van der Waals surface area contributed by atoms with E-state index in [9.17, 15) is 18.6 Å². The summed E-state index contributed by atoms with van der Waals surface area (Å²) >= 11 is 0. The van der Waals surface area contributed by atoms with Gasteiger partial charge in [-0.2, -0.15) is 9.29 Å². The monoisotopic (exact) mass is 461 g/mol. The molecule has 2 aromatic heterocycles. The van der Waals surface area contributed by atoms with Crippen molar-refractivity contribution >= 4 is 40.5 Å². The summed E-state index contributed by atoms with van der Waals surface area (Å²) < 4.78 is 47.6. The van der Waals surface area contributed by atoms with E-state index in [0.717, 1.165) is 0 Å². The minimum absolute atomic E-state index is 0.0620. The number of hydrogen-bond acceptors (Lipinski definition) is 10. The Labute approximate surface area is 157 Å². The van der Waals surface area contributed by atoms with Gasteiger partial charge in [0.2, 0.25) is 5.95 Å². The first-order valence-corrected chi connectivity index (χ1v) is 12.1.